The van der Waals surface area contributed by atoms with Gasteiger partial charge in [0.15, 0.2) is 0 Å². The summed E-state index contributed by atoms with van der Waals surface area (Å²) in [6, 6.07) is 0. The molecule has 0 saturated carbocycles. The normalized spacial score (nSPS) is 2.67. The fourth-order valence-corrected chi connectivity index (χ4v) is 0. The standard InChI is InChI=1S/C2H6Ge.3ClH/c1-2-3;;;/h2H,1H2,3H3;3*1H. The van der Waals surface area contributed by atoms with Crippen LogP contribution in [0.2, 0.25) is 0 Å². The molecule has 0 bridgehead atoms. The molecule has 0 aliphatic carbocycles. The molecule has 0 aromatic rings. The quantitative estimate of drug-likeness (QED) is 0.520. The van der Waals surface area contributed by atoms with E-state index in [9.17, 15) is 0 Å². The molecule has 0 atom stereocenters. The van der Waals surface area contributed by atoms with E-state index in [4.69, 9.17) is 0 Å². The number of hydrogen-bond acceptors (Lipinski definition) is 0. The maximum Gasteiger partial charge on any atom is -0.147 e. The molecule has 0 radical (unpaired) electrons. The first-order valence-electron chi connectivity index (χ1n) is 0.986. The minimum atomic E-state index is 0. The Morgan fingerprint density at radius 3 is 1.17 bits per heavy atom. The fourth-order valence-electron chi connectivity index (χ4n) is 0. The molecule has 0 amide bonds. The van der Waals surface area contributed by atoms with Crippen LogP contribution < -0.4 is 0 Å². The second-order valence-corrected chi connectivity index (χ2v) is 2.12. The first-order chi connectivity index (χ1) is 1.41. The number of halogens is 3. The van der Waals surface area contributed by atoms with E-state index in [1.54, 1.807) is 0 Å². The van der Waals surface area contributed by atoms with Gasteiger partial charge < -0.3 is 0 Å². The molecule has 0 aromatic heterocycles. The van der Waals surface area contributed by atoms with Gasteiger partial charge in [0.2, 0.25) is 0 Å². The topological polar surface area (TPSA) is 0 Å². The van der Waals surface area contributed by atoms with Crippen LogP contribution in [0.4, 0.5) is 0 Å². The molecule has 0 spiro atoms. The molecule has 42 valence electrons. The van der Waals surface area contributed by atoms with Crippen LogP contribution in [0.3, 0.4) is 0 Å². The van der Waals surface area contributed by atoms with Gasteiger partial charge in [0.05, 0.1) is 0 Å². The van der Waals surface area contributed by atoms with Gasteiger partial charge in [-0.2, -0.15) is 0 Å². The molecule has 0 N–H and O–H groups in total. The second kappa shape index (κ2) is 35.2. The van der Waals surface area contributed by atoms with E-state index in [1.807, 2.05) is 4.91 Å². The third-order valence-electron chi connectivity index (χ3n) is 0. The van der Waals surface area contributed by atoms with Crippen LogP contribution in [-0.2, 0) is 0 Å². The Labute approximate surface area is 65.2 Å². The molecular weight excluding hydrogens is 203 g/mol. The van der Waals surface area contributed by atoms with Crippen molar-refractivity contribution in [2.75, 3.05) is 0 Å². The van der Waals surface area contributed by atoms with E-state index in [-0.39, 0.29) is 37.2 Å². The van der Waals surface area contributed by atoms with Gasteiger partial charge in [0.25, 0.3) is 0 Å². The van der Waals surface area contributed by atoms with E-state index < -0.39 is 0 Å². The smallest absolute Gasteiger partial charge is 0.147 e. The third kappa shape index (κ3) is 66.9. The fraction of sp³-hybridized carbons (Fsp3) is 0. The van der Waals surface area contributed by atoms with E-state index in [1.165, 1.54) is 0 Å². The Bertz CT molecular complexity index is 16.3. The summed E-state index contributed by atoms with van der Waals surface area (Å²) in [7, 11) is 0. The average molecular weight is 212 g/mol. The molecule has 0 aromatic carbocycles. The first kappa shape index (κ1) is 27.2. The van der Waals surface area contributed by atoms with E-state index in [2.05, 4.69) is 6.58 Å². The van der Waals surface area contributed by atoms with Gasteiger partial charge in [-0.15, -0.1) is 37.2 Å². The van der Waals surface area contributed by atoms with Crippen molar-refractivity contribution < 1.29 is 0 Å². The zero-order valence-corrected chi connectivity index (χ0v) is 10.2. The Kier molecular flexibility index (Phi) is 160. The van der Waals surface area contributed by atoms with Crippen molar-refractivity contribution in [2.45, 2.75) is 0 Å². The third-order valence-corrected chi connectivity index (χ3v) is 0. The molecule has 0 aliphatic heterocycles. The van der Waals surface area contributed by atoms with Crippen LogP contribution in [-0.4, -0.2) is 16.5 Å². The molecule has 0 heterocycles. The van der Waals surface area contributed by atoms with Gasteiger partial charge in [-0.3, -0.25) is 0 Å². The molecule has 0 fully saturated rings. The minimum Gasteiger partial charge on any atom is -0.147 e. The van der Waals surface area contributed by atoms with Gasteiger partial charge in [-0.25, -0.2) is 0 Å². The van der Waals surface area contributed by atoms with Gasteiger partial charge in [-0.1, -0.05) is 0 Å². The minimum absolute atomic E-state index is 0. The summed E-state index contributed by atoms with van der Waals surface area (Å²) < 4.78 is 0. The monoisotopic (exact) mass is 212 g/mol. The zero-order valence-electron chi connectivity index (χ0n) is 3.51. The predicted molar refractivity (Wildman–Crippen MR) is 41.9 cm³/mol. The summed E-state index contributed by atoms with van der Waals surface area (Å²) in [6.45, 7) is 3.44. The molecule has 0 rings (SSSR count). The Hall–Kier alpha value is 1.15. The second-order valence-electron chi connectivity index (χ2n) is 0.408. The maximum absolute atomic E-state index is 3.44. The van der Waals surface area contributed by atoms with Gasteiger partial charge in [0, 0.05) is 0 Å². The van der Waals surface area contributed by atoms with Gasteiger partial charge in [0.1, 0.15) is 0 Å². The van der Waals surface area contributed by atoms with Crippen LogP contribution >= 0.6 is 37.2 Å². The molecule has 0 aliphatic rings. The van der Waals surface area contributed by atoms with Crippen molar-refractivity contribution in [3.8, 4) is 0 Å². The van der Waals surface area contributed by atoms with Gasteiger partial charge >= 0.3 is 28.0 Å². The molecular formula is C2H9Cl3Ge. The summed E-state index contributed by atoms with van der Waals surface area (Å²) in [5.41, 5.74) is 0. The van der Waals surface area contributed by atoms with Crippen LogP contribution in [0.15, 0.2) is 11.5 Å². The average Bonchev–Trinajstić information content (AvgIpc) is 0.918. The van der Waals surface area contributed by atoms with E-state index >= 15 is 0 Å². The Balaban J connectivity index is -0.00000000667. The maximum atomic E-state index is 3.44. The van der Waals surface area contributed by atoms with Crippen molar-refractivity contribution in [1.29, 1.82) is 0 Å². The summed E-state index contributed by atoms with van der Waals surface area (Å²) in [5, 5.41) is 0. The summed E-state index contributed by atoms with van der Waals surface area (Å²) in [6.07, 6.45) is 0. The number of rotatable bonds is 0. The van der Waals surface area contributed by atoms with Crippen molar-refractivity contribution in [1.82, 2.24) is 0 Å². The van der Waals surface area contributed by atoms with Crippen LogP contribution in [0.1, 0.15) is 0 Å². The molecule has 0 nitrogen and oxygen atoms in total. The zero-order chi connectivity index (χ0) is 2.71. The van der Waals surface area contributed by atoms with Crippen LogP contribution in [0.25, 0.3) is 0 Å². The molecule has 4 heteroatoms. The Morgan fingerprint density at radius 1 is 1.17 bits per heavy atom. The van der Waals surface area contributed by atoms with Crippen molar-refractivity contribution in [2.24, 2.45) is 0 Å². The summed E-state index contributed by atoms with van der Waals surface area (Å²) >= 11 is 0.868. The van der Waals surface area contributed by atoms with E-state index in [0.717, 1.165) is 16.5 Å². The predicted octanol–water partition coefficient (Wildman–Crippen LogP) is 0.761. The molecule has 0 saturated heterocycles. The summed E-state index contributed by atoms with van der Waals surface area (Å²) in [4.78, 5) is 1.94. The van der Waals surface area contributed by atoms with Crippen molar-refractivity contribution >= 4 is 53.7 Å². The largest absolute Gasteiger partial charge is 0.147 e. The number of hydrogen-bond donors (Lipinski definition) is 0. The molecule has 6 heavy (non-hydrogen) atoms. The summed E-state index contributed by atoms with van der Waals surface area (Å²) in [5.74, 6) is 0. The van der Waals surface area contributed by atoms with Crippen LogP contribution in [0.5, 0.6) is 0 Å². The SMILES string of the molecule is C=[CH][GeH3].Cl.Cl.Cl. The van der Waals surface area contributed by atoms with Crippen molar-refractivity contribution in [3.05, 3.63) is 11.5 Å². The van der Waals surface area contributed by atoms with E-state index in [0.29, 0.717) is 0 Å². The van der Waals surface area contributed by atoms with Crippen molar-refractivity contribution in [3.63, 3.8) is 0 Å². The molecule has 0 unspecified atom stereocenters. The first-order valence-corrected chi connectivity index (χ1v) is 3.41. The Morgan fingerprint density at radius 2 is 1.17 bits per heavy atom. The van der Waals surface area contributed by atoms with Gasteiger partial charge in [-0.05, 0) is 0 Å². The van der Waals surface area contributed by atoms with Crippen LogP contribution in [0, 0.1) is 0 Å².